The molecule has 0 spiro atoms. The molecule has 1 heterocycles. The average Bonchev–Trinajstić information content (AvgIpc) is 2.78. The number of carbonyl (C=O) groups is 1. The van der Waals surface area contributed by atoms with Crippen molar-refractivity contribution >= 4 is 11.6 Å². The number of anilines is 1. The smallest absolute Gasteiger partial charge is 0.242 e. The number of para-hydroxylation sites is 1. The van der Waals surface area contributed by atoms with Gasteiger partial charge in [0, 0.05) is 25.2 Å². The van der Waals surface area contributed by atoms with Gasteiger partial charge in [-0.05, 0) is 32.6 Å². The first-order valence-corrected chi connectivity index (χ1v) is 6.87. The summed E-state index contributed by atoms with van der Waals surface area (Å²) < 4.78 is 0. The molecule has 0 aliphatic carbocycles. The molecular formula is C15H23N3O2. The van der Waals surface area contributed by atoms with E-state index >= 15 is 0 Å². The largest absolute Gasteiger partial charge is 0.387 e. The standard InChI is InChI=1S/C15H23N3O2/c1-15(20,10-18(2)3)9-16-14(19)13-8-11-6-4-5-7-12(11)17-13/h4-7,13,17,20H,8-10H2,1-3H3,(H,16,19)/t13-,15?/m0/s1. The van der Waals surface area contributed by atoms with Gasteiger partial charge in [0.05, 0.1) is 5.60 Å². The first-order valence-electron chi connectivity index (χ1n) is 6.87. The van der Waals surface area contributed by atoms with Crippen LogP contribution in [-0.4, -0.2) is 54.7 Å². The van der Waals surface area contributed by atoms with Gasteiger partial charge in [0.2, 0.25) is 5.91 Å². The molecule has 0 fully saturated rings. The summed E-state index contributed by atoms with van der Waals surface area (Å²) in [4.78, 5) is 14.0. The number of fused-ring (bicyclic) bond motifs is 1. The number of aliphatic hydroxyl groups is 1. The van der Waals surface area contributed by atoms with E-state index in [-0.39, 0.29) is 18.5 Å². The molecule has 2 rings (SSSR count). The molecule has 2 atom stereocenters. The SMILES string of the molecule is CN(C)CC(C)(O)CNC(=O)[C@@H]1Cc2ccccc2N1. The van der Waals surface area contributed by atoms with Gasteiger partial charge in [-0.25, -0.2) is 0 Å². The number of hydrogen-bond acceptors (Lipinski definition) is 4. The van der Waals surface area contributed by atoms with E-state index in [1.807, 2.05) is 43.3 Å². The van der Waals surface area contributed by atoms with E-state index in [2.05, 4.69) is 10.6 Å². The lowest BCUT2D eigenvalue weighted by Crippen LogP contribution is -2.50. The van der Waals surface area contributed by atoms with E-state index < -0.39 is 5.60 Å². The van der Waals surface area contributed by atoms with Crippen LogP contribution in [0.25, 0.3) is 0 Å². The molecule has 1 aromatic carbocycles. The van der Waals surface area contributed by atoms with Gasteiger partial charge in [-0.15, -0.1) is 0 Å². The molecule has 1 amide bonds. The molecule has 0 bridgehead atoms. The van der Waals surface area contributed by atoms with Crippen molar-refractivity contribution in [2.24, 2.45) is 0 Å². The Labute approximate surface area is 120 Å². The van der Waals surface area contributed by atoms with Crippen molar-refractivity contribution in [3.63, 3.8) is 0 Å². The highest BCUT2D eigenvalue weighted by atomic mass is 16.3. The number of hydrogen-bond donors (Lipinski definition) is 3. The normalized spacial score (nSPS) is 20.1. The van der Waals surface area contributed by atoms with Crippen molar-refractivity contribution in [1.82, 2.24) is 10.2 Å². The number of nitrogens with zero attached hydrogens (tertiary/aromatic N) is 1. The molecule has 5 nitrogen and oxygen atoms in total. The van der Waals surface area contributed by atoms with Gasteiger partial charge < -0.3 is 20.6 Å². The van der Waals surface area contributed by atoms with Crippen LogP contribution in [0.3, 0.4) is 0 Å². The minimum absolute atomic E-state index is 0.0692. The van der Waals surface area contributed by atoms with Gasteiger partial charge in [0.1, 0.15) is 6.04 Å². The Morgan fingerprint density at radius 2 is 2.20 bits per heavy atom. The number of benzene rings is 1. The third kappa shape index (κ3) is 3.71. The van der Waals surface area contributed by atoms with Crippen molar-refractivity contribution in [3.05, 3.63) is 29.8 Å². The fraction of sp³-hybridized carbons (Fsp3) is 0.533. The fourth-order valence-electron chi connectivity index (χ4n) is 2.59. The molecular weight excluding hydrogens is 254 g/mol. The van der Waals surface area contributed by atoms with Gasteiger partial charge in [-0.2, -0.15) is 0 Å². The summed E-state index contributed by atoms with van der Waals surface area (Å²) in [5, 5.41) is 16.2. The van der Waals surface area contributed by atoms with Crippen LogP contribution >= 0.6 is 0 Å². The van der Waals surface area contributed by atoms with Crippen LogP contribution in [-0.2, 0) is 11.2 Å². The predicted octanol–water partition coefficient (Wildman–Crippen LogP) is 0.452. The van der Waals surface area contributed by atoms with E-state index in [4.69, 9.17) is 0 Å². The monoisotopic (exact) mass is 277 g/mol. The van der Waals surface area contributed by atoms with Crippen molar-refractivity contribution in [3.8, 4) is 0 Å². The topological polar surface area (TPSA) is 64.6 Å². The Kier molecular flexibility index (Phi) is 4.30. The number of rotatable bonds is 5. The predicted molar refractivity (Wildman–Crippen MR) is 79.7 cm³/mol. The highest BCUT2D eigenvalue weighted by Gasteiger charge is 2.28. The van der Waals surface area contributed by atoms with E-state index in [9.17, 15) is 9.90 Å². The quantitative estimate of drug-likeness (QED) is 0.731. The summed E-state index contributed by atoms with van der Waals surface area (Å²) in [6.07, 6.45) is 0.692. The van der Waals surface area contributed by atoms with E-state index in [0.717, 1.165) is 11.3 Å². The van der Waals surface area contributed by atoms with Crippen molar-refractivity contribution in [1.29, 1.82) is 0 Å². The Morgan fingerprint density at radius 1 is 1.50 bits per heavy atom. The van der Waals surface area contributed by atoms with Crippen LogP contribution in [0.4, 0.5) is 5.69 Å². The maximum absolute atomic E-state index is 12.1. The Bertz CT molecular complexity index is 461. The lowest BCUT2D eigenvalue weighted by Gasteiger charge is -2.27. The second kappa shape index (κ2) is 5.81. The number of nitrogens with one attached hydrogen (secondary N) is 2. The van der Waals surface area contributed by atoms with Crippen LogP contribution in [0, 0.1) is 0 Å². The minimum Gasteiger partial charge on any atom is -0.387 e. The first-order chi connectivity index (χ1) is 9.37. The second-order valence-electron chi connectivity index (χ2n) is 6.01. The summed E-state index contributed by atoms with van der Waals surface area (Å²) in [5.41, 5.74) is 1.25. The van der Waals surface area contributed by atoms with Crippen molar-refractivity contribution < 1.29 is 9.90 Å². The molecule has 1 aliphatic heterocycles. The fourth-order valence-corrected chi connectivity index (χ4v) is 2.59. The third-order valence-electron chi connectivity index (χ3n) is 3.39. The molecule has 0 saturated heterocycles. The molecule has 0 saturated carbocycles. The Hall–Kier alpha value is -1.59. The summed E-state index contributed by atoms with van der Waals surface area (Å²) in [6, 6.07) is 7.68. The Morgan fingerprint density at radius 3 is 2.85 bits per heavy atom. The lowest BCUT2D eigenvalue weighted by atomic mass is 10.1. The molecule has 0 radical (unpaired) electrons. The lowest BCUT2D eigenvalue weighted by molar-refractivity contribution is -0.123. The highest BCUT2D eigenvalue weighted by Crippen LogP contribution is 2.25. The molecule has 1 aromatic rings. The molecule has 0 aromatic heterocycles. The maximum atomic E-state index is 12.1. The second-order valence-corrected chi connectivity index (χ2v) is 6.01. The van der Waals surface area contributed by atoms with Crippen LogP contribution in [0.15, 0.2) is 24.3 Å². The van der Waals surface area contributed by atoms with Crippen LogP contribution in [0.1, 0.15) is 12.5 Å². The zero-order valence-corrected chi connectivity index (χ0v) is 12.3. The zero-order chi connectivity index (χ0) is 14.8. The van der Waals surface area contributed by atoms with Crippen LogP contribution in [0.2, 0.25) is 0 Å². The summed E-state index contributed by atoms with van der Waals surface area (Å²) in [5.74, 6) is -0.0692. The van der Waals surface area contributed by atoms with Gasteiger partial charge >= 0.3 is 0 Å². The number of likely N-dealkylation sites (N-methyl/N-ethyl adjacent to an activating group) is 1. The Balaban J connectivity index is 1.85. The first kappa shape index (κ1) is 14.8. The van der Waals surface area contributed by atoms with E-state index in [0.29, 0.717) is 13.0 Å². The molecule has 3 N–H and O–H groups in total. The van der Waals surface area contributed by atoms with Crippen molar-refractivity contribution in [2.75, 3.05) is 32.5 Å². The number of carbonyl (C=O) groups excluding carboxylic acids is 1. The van der Waals surface area contributed by atoms with E-state index in [1.54, 1.807) is 6.92 Å². The zero-order valence-electron chi connectivity index (χ0n) is 12.3. The highest BCUT2D eigenvalue weighted by molar-refractivity contribution is 5.87. The maximum Gasteiger partial charge on any atom is 0.242 e. The average molecular weight is 277 g/mol. The van der Waals surface area contributed by atoms with Gasteiger partial charge in [0.25, 0.3) is 0 Å². The molecule has 20 heavy (non-hydrogen) atoms. The third-order valence-corrected chi connectivity index (χ3v) is 3.39. The molecule has 110 valence electrons. The molecule has 1 unspecified atom stereocenters. The number of amides is 1. The van der Waals surface area contributed by atoms with Gasteiger partial charge in [0.15, 0.2) is 0 Å². The van der Waals surface area contributed by atoms with Crippen LogP contribution in [0.5, 0.6) is 0 Å². The summed E-state index contributed by atoms with van der Waals surface area (Å²) in [6.45, 7) is 2.48. The molecule has 5 heteroatoms. The summed E-state index contributed by atoms with van der Waals surface area (Å²) >= 11 is 0. The van der Waals surface area contributed by atoms with Gasteiger partial charge in [-0.3, -0.25) is 4.79 Å². The van der Waals surface area contributed by atoms with Crippen LogP contribution < -0.4 is 10.6 Å². The molecule has 1 aliphatic rings. The van der Waals surface area contributed by atoms with E-state index in [1.165, 1.54) is 0 Å². The minimum atomic E-state index is -0.926. The summed E-state index contributed by atoms with van der Waals surface area (Å²) in [7, 11) is 3.79. The van der Waals surface area contributed by atoms with Crippen molar-refractivity contribution in [2.45, 2.75) is 25.0 Å². The van der Waals surface area contributed by atoms with Gasteiger partial charge in [-0.1, -0.05) is 18.2 Å².